The first-order chi connectivity index (χ1) is 8.27. The van der Waals surface area contributed by atoms with Crippen LogP contribution < -0.4 is 15.8 Å². The average Bonchev–Trinajstić information content (AvgIpc) is 2.35. The molecule has 0 amide bonds. The van der Waals surface area contributed by atoms with Gasteiger partial charge in [0.15, 0.2) is 0 Å². The van der Waals surface area contributed by atoms with E-state index in [4.69, 9.17) is 15.2 Å². The summed E-state index contributed by atoms with van der Waals surface area (Å²) in [5.74, 6) is 0.777. The van der Waals surface area contributed by atoms with Crippen LogP contribution in [0.1, 0.15) is 19.8 Å². The third-order valence-corrected chi connectivity index (χ3v) is 2.39. The molecule has 0 aliphatic rings. The molecular weight excluding hydrogens is 216 g/mol. The Labute approximate surface area is 103 Å². The van der Waals surface area contributed by atoms with E-state index in [1.54, 1.807) is 7.11 Å². The van der Waals surface area contributed by atoms with E-state index in [0.717, 1.165) is 44.0 Å². The quantitative estimate of drug-likeness (QED) is 0.539. The normalized spacial score (nSPS) is 10.2. The Hall–Kier alpha value is -1.42. The molecule has 0 heterocycles. The van der Waals surface area contributed by atoms with Crippen molar-refractivity contribution in [2.45, 2.75) is 19.8 Å². The number of methoxy groups -OCH3 is 1. The van der Waals surface area contributed by atoms with Gasteiger partial charge in [-0.15, -0.1) is 0 Å². The number of anilines is 2. The predicted molar refractivity (Wildman–Crippen MR) is 71.6 cm³/mol. The lowest BCUT2D eigenvalue weighted by atomic mass is 10.2. The zero-order chi connectivity index (χ0) is 12.5. The summed E-state index contributed by atoms with van der Waals surface area (Å²) in [6.45, 7) is 4.60. The number of nitrogens with one attached hydrogen (secondary N) is 1. The highest BCUT2D eigenvalue weighted by Crippen LogP contribution is 2.23. The molecule has 0 fully saturated rings. The van der Waals surface area contributed by atoms with Gasteiger partial charge in [-0.05, 0) is 25.0 Å². The van der Waals surface area contributed by atoms with Crippen molar-refractivity contribution in [3.05, 3.63) is 18.2 Å². The molecule has 17 heavy (non-hydrogen) atoms. The van der Waals surface area contributed by atoms with Crippen molar-refractivity contribution in [1.82, 2.24) is 0 Å². The van der Waals surface area contributed by atoms with Crippen LogP contribution in [0.4, 0.5) is 11.4 Å². The van der Waals surface area contributed by atoms with Gasteiger partial charge in [-0.2, -0.15) is 0 Å². The second-order valence-electron chi connectivity index (χ2n) is 3.85. The van der Waals surface area contributed by atoms with Crippen LogP contribution in [0, 0.1) is 0 Å². The van der Waals surface area contributed by atoms with Gasteiger partial charge in [0.1, 0.15) is 5.75 Å². The Kier molecular flexibility index (Phi) is 6.25. The topological polar surface area (TPSA) is 56.5 Å². The first kappa shape index (κ1) is 13.6. The molecule has 1 rings (SSSR count). The van der Waals surface area contributed by atoms with E-state index in [0.29, 0.717) is 5.69 Å². The zero-order valence-corrected chi connectivity index (χ0v) is 10.7. The highest BCUT2D eigenvalue weighted by molar-refractivity contribution is 5.68. The van der Waals surface area contributed by atoms with Gasteiger partial charge in [0.2, 0.25) is 0 Å². The largest absolute Gasteiger partial charge is 0.497 e. The Bertz CT molecular complexity index is 329. The zero-order valence-electron chi connectivity index (χ0n) is 10.7. The maximum atomic E-state index is 5.89. The van der Waals surface area contributed by atoms with E-state index < -0.39 is 0 Å². The molecule has 4 heteroatoms. The fourth-order valence-electron chi connectivity index (χ4n) is 1.47. The average molecular weight is 238 g/mol. The molecule has 0 bridgehead atoms. The Balaban J connectivity index is 2.27. The van der Waals surface area contributed by atoms with E-state index in [9.17, 15) is 0 Å². The lowest BCUT2D eigenvalue weighted by Crippen LogP contribution is -2.07. The van der Waals surface area contributed by atoms with Crippen LogP contribution in [0.3, 0.4) is 0 Å². The molecule has 0 saturated carbocycles. The Morgan fingerprint density at radius 2 is 2.12 bits per heavy atom. The van der Waals surface area contributed by atoms with Crippen LogP contribution >= 0.6 is 0 Å². The van der Waals surface area contributed by atoms with Crippen LogP contribution in [0.25, 0.3) is 0 Å². The van der Waals surface area contributed by atoms with Gasteiger partial charge in [-0.3, -0.25) is 0 Å². The van der Waals surface area contributed by atoms with Crippen molar-refractivity contribution in [1.29, 1.82) is 0 Å². The van der Waals surface area contributed by atoms with Crippen molar-refractivity contribution in [3.63, 3.8) is 0 Å². The van der Waals surface area contributed by atoms with E-state index in [1.807, 2.05) is 18.2 Å². The van der Waals surface area contributed by atoms with Crippen molar-refractivity contribution < 1.29 is 9.47 Å². The molecule has 96 valence electrons. The molecule has 0 unspecified atom stereocenters. The van der Waals surface area contributed by atoms with Gasteiger partial charge in [0.05, 0.1) is 18.5 Å². The van der Waals surface area contributed by atoms with Gasteiger partial charge in [-0.25, -0.2) is 0 Å². The number of hydrogen-bond acceptors (Lipinski definition) is 4. The molecule has 1 aromatic carbocycles. The van der Waals surface area contributed by atoms with Gasteiger partial charge in [0.25, 0.3) is 0 Å². The van der Waals surface area contributed by atoms with Gasteiger partial charge < -0.3 is 20.5 Å². The van der Waals surface area contributed by atoms with Gasteiger partial charge in [-0.1, -0.05) is 6.92 Å². The number of rotatable bonds is 8. The summed E-state index contributed by atoms with van der Waals surface area (Å²) in [6, 6.07) is 5.64. The summed E-state index contributed by atoms with van der Waals surface area (Å²) in [7, 11) is 1.63. The molecule has 0 spiro atoms. The summed E-state index contributed by atoms with van der Waals surface area (Å²) < 4.78 is 10.5. The first-order valence-corrected chi connectivity index (χ1v) is 6.03. The number of nitrogen functional groups attached to an aromatic ring is 1. The second-order valence-corrected chi connectivity index (χ2v) is 3.85. The standard InChI is InChI=1S/C13H22N2O2/c1-3-8-17-9-4-7-15-13-6-5-11(16-2)10-12(13)14/h5-6,10,15H,3-4,7-9,14H2,1-2H3. The van der Waals surface area contributed by atoms with E-state index in [-0.39, 0.29) is 0 Å². The lowest BCUT2D eigenvalue weighted by molar-refractivity contribution is 0.134. The van der Waals surface area contributed by atoms with Crippen molar-refractivity contribution in [3.8, 4) is 5.75 Å². The molecule has 0 aliphatic carbocycles. The van der Waals surface area contributed by atoms with Crippen LogP contribution in [-0.2, 0) is 4.74 Å². The molecule has 0 atom stereocenters. The maximum absolute atomic E-state index is 5.89. The van der Waals surface area contributed by atoms with Crippen LogP contribution in [-0.4, -0.2) is 26.9 Å². The summed E-state index contributed by atoms with van der Waals surface area (Å²) in [5, 5.41) is 3.28. The van der Waals surface area contributed by atoms with E-state index in [1.165, 1.54) is 0 Å². The molecular formula is C13H22N2O2. The predicted octanol–water partition coefficient (Wildman–Crippen LogP) is 2.51. The number of ether oxygens (including phenoxy) is 2. The van der Waals surface area contributed by atoms with E-state index in [2.05, 4.69) is 12.2 Å². The summed E-state index contributed by atoms with van der Waals surface area (Å²) in [4.78, 5) is 0. The fraction of sp³-hybridized carbons (Fsp3) is 0.538. The highest BCUT2D eigenvalue weighted by atomic mass is 16.5. The smallest absolute Gasteiger partial charge is 0.121 e. The van der Waals surface area contributed by atoms with Crippen LogP contribution in [0.5, 0.6) is 5.75 Å². The SMILES string of the molecule is CCCOCCCNc1ccc(OC)cc1N. The number of nitrogens with two attached hydrogens (primary N) is 1. The molecule has 4 nitrogen and oxygen atoms in total. The number of benzene rings is 1. The van der Waals surface area contributed by atoms with Crippen molar-refractivity contribution in [2.24, 2.45) is 0 Å². The van der Waals surface area contributed by atoms with Gasteiger partial charge >= 0.3 is 0 Å². The van der Waals surface area contributed by atoms with Crippen LogP contribution in [0.2, 0.25) is 0 Å². The minimum atomic E-state index is 0.707. The molecule has 1 aromatic rings. The molecule has 0 saturated heterocycles. The fourth-order valence-corrected chi connectivity index (χ4v) is 1.47. The maximum Gasteiger partial charge on any atom is 0.121 e. The number of hydrogen-bond donors (Lipinski definition) is 2. The lowest BCUT2D eigenvalue weighted by Gasteiger charge is -2.10. The van der Waals surface area contributed by atoms with Crippen molar-refractivity contribution in [2.75, 3.05) is 37.9 Å². The molecule has 3 N–H and O–H groups in total. The second kappa shape index (κ2) is 7.79. The summed E-state index contributed by atoms with van der Waals surface area (Å²) in [5.41, 5.74) is 7.54. The first-order valence-electron chi connectivity index (χ1n) is 6.03. The highest BCUT2D eigenvalue weighted by Gasteiger charge is 2.00. The minimum Gasteiger partial charge on any atom is -0.497 e. The Morgan fingerprint density at radius 3 is 2.76 bits per heavy atom. The Morgan fingerprint density at radius 1 is 1.29 bits per heavy atom. The van der Waals surface area contributed by atoms with Crippen LogP contribution in [0.15, 0.2) is 18.2 Å². The monoisotopic (exact) mass is 238 g/mol. The van der Waals surface area contributed by atoms with Crippen molar-refractivity contribution >= 4 is 11.4 Å². The van der Waals surface area contributed by atoms with E-state index >= 15 is 0 Å². The minimum absolute atomic E-state index is 0.707. The summed E-state index contributed by atoms with van der Waals surface area (Å²) in [6.07, 6.45) is 2.05. The third-order valence-electron chi connectivity index (χ3n) is 2.39. The summed E-state index contributed by atoms with van der Waals surface area (Å²) >= 11 is 0. The molecule has 0 radical (unpaired) electrons. The molecule has 0 aliphatic heterocycles. The van der Waals surface area contributed by atoms with Gasteiger partial charge in [0, 0.05) is 25.8 Å². The molecule has 0 aromatic heterocycles. The third kappa shape index (κ3) is 4.95.